The average molecular weight is 454 g/mol. The predicted octanol–water partition coefficient (Wildman–Crippen LogP) is 3.80. The van der Waals surface area contributed by atoms with Gasteiger partial charge in [0.05, 0.1) is 31.0 Å². The smallest absolute Gasteiger partial charge is 0.246 e. The number of ether oxygens (including phenoxy) is 1. The van der Waals surface area contributed by atoms with E-state index in [0.29, 0.717) is 53.9 Å². The number of piperidine rings is 1. The Labute approximate surface area is 189 Å². The number of benzene rings is 1. The fraction of sp³-hybridized carbons (Fsp3) is 0.375. The molecule has 2 unspecified atom stereocenters. The van der Waals surface area contributed by atoms with Crippen molar-refractivity contribution in [2.24, 2.45) is 0 Å². The largest absolute Gasteiger partial charge is 0.507 e. The summed E-state index contributed by atoms with van der Waals surface area (Å²) in [4.78, 5) is 17.4. The number of alkyl halides is 2. The highest BCUT2D eigenvalue weighted by Crippen LogP contribution is 2.41. The number of phenolic OH excluding ortho intramolecular Hbond substituents is 1. The molecular weight excluding hydrogens is 430 g/mol. The zero-order valence-corrected chi connectivity index (χ0v) is 17.9. The number of carbonyl (C=O) groups is 1. The normalized spacial score (nSPS) is 22.6. The molecule has 2 saturated heterocycles. The summed E-state index contributed by atoms with van der Waals surface area (Å²) in [6, 6.07) is 8.15. The highest BCUT2D eigenvalue weighted by molar-refractivity contribution is 5.88. The number of phenols is 1. The van der Waals surface area contributed by atoms with Crippen molar-refractivity contribution < 1.29 is 23.4 Å². The Hall–Kier alpha value is -3.33. The summed E-state index contributed by atoms with van der Waals surface area (Å²) < 4.78 is 32.9. The molecule has 4 heterocycles. The first-order valence-electron chi connectivity index (χ1n) is 10.9. The van der Waals surface area contributed by atoms with Crippen LogP contribution < -0.4 is 0 Å². The van der Waals surface area contributed by atoms with Gasteiger partial charge in [0, 0.05) is 29.0 Å². The topological polar surface area (TPSA) is 91.3 Å². The fourth-order valence-corrected chi connectivity index (χ4v) is 5.22. The van der Waals surface area contributed by atoms with Gasteiger partial charge in [-0.2, -0.15) is 0 Å². The van der Waals surface area contributed by atoms with Gasteiger partial charge in [-0.25, -0.2) is 8.78 Å². The Balaban J connectivity index is 1.56. The lowest BCUT2D eigenvalue weighted by Crippen LogP contribution is -2.58. The molecule has 2 fully saturated rings. The van der Waals surface area contributed by atoms with Gasteiger partial charge in [0.1, 0.15) is 5.75 Å². The van der Waals surface area contributed by atoms with Crippen LogP contribution in [0.1, 0.15) is 30.0 Å². The van der Waals surface area contributed by atoms with Gasteiger partial charge in [-0.05, 0) is 42.7 Å². The third-order valence-electron chi connectivity index (χ3n) is 6.59. The Morgan fingerprint density at radius 3 is 2.67 bits per heavy atom. The maximum atomic E-state index is 13.6. The van der Waals surface area contributed by atoms with E-state index in [0.717, 1.165) is 5.69 Å². The van der Waals surface area contributed by atoms with Gasteiger partial charge >= 0.3 is 0 Å². The molecule has 2 aliphatic rings. The molecule has 172 valence electrons. The minimum Gasteiger partial charge on any atom is -0.507 e. The molecule has 9 heteroatoms. The van der Waals surface area contributed by atoms with E-state index in [1.807, 2.05) is 4.90 Å². The number of carbonyl (C=O) groups excluding carboxylic acids is 1. The zero-order valence-electron chi connectivity index (χ0n) is 17.9. The Bertz CT molecular complexity index is 1200. The van der Waals surface area contributed by atoms with Crippen LogP contribution in [0.5, 0.6) is 5.75 Å². The second-order valence-electron chi connectivity index (χ2n) is 8.58. The number of nitrogens with one attached hydrogen (secondary N) is 1. The quantitative estimate of drug-likeness (QED) is 0.573. The lowest BCUT2D eigenvalue weighted by Gasteiger charge is -2.48. The standard InChI is InChI=1S/C24H24F2N4O3/c1-2-22(32)30-14-7-13(8-15(30)12-33-11-14)23-17(10-21(25)26)18-9-19(28-29-24(18)27-23)16-5-3-4-6-20(16)31/h2-6,9,13-15,21,31H,1,7-8,10-12H2,(H,27,29). The lowest BCUT2D eigenvalue weighted by atomic mass is 9.81. The Kier molecular flexibility index (Phi) is 5.57. The van der Waals surface area contributed by atoms with Crippen LogP contribution >= 0.6 is 0 Å². The molecule has 1 amide bonds. The number of aromatic nitrogens is 3. The molecule has 2 atom stereocenters. The number of hydrogen-bond acceptors (Lipinski definition) is 5. The molecule has 2 aromatic heterocycles. The molecule has 2 bridgehead atoms. The van der Waals surface area contributed by atoms with Crippen LogP contribution in [0.2, 0.25) is 0 Å². The lowest BCUT2D eigenvalue weighted by molar-refractivity contribution is -0.146. The molecule has 0 radical (unpaired) electrons. The van der Waals surface area contributed by atoms with Crippen molar-refractivity contribution in [2.75, 3.05) is 13.2 Å². The van der Waals surface area contributed by atoms with Gasteiger partial charge < -0.3 is 19.7 Å². The number of para-hydroxylation sites is 1. The van der Waals surface area contributed by atoms with Crippen molar-refractivity contribution in [1.82, 2.24) is 20.1 Å². The average Bonchev–Trinajstić information content (AvgIpc) is 3.15. The Morgan fingerprint density at radius 1 is 1.27 bits per heavy atom. The van der Waals surface area contributed by atoms with E-state index in [1.54, 1.807) is 30.3 Å². The van der Waals surface area contributed by atoms with Gasteiger partial charge in [-0.15, -0.1) is 10.2 Å². The molecule has 3 aromatic rings. The summed E-state index contributed by atoms with van der Waals surface area (Å²) in [5.74, 6) is -0.131. The minimum atomic E-state index is -2.53. The van der Waals surface area contributed by atoms with Gasteiger partial charge in [0.15, 0.2) is 5.65 Å². The molecule has 7 nitrogen and oxygen atoms in total. The van der Waals surface area contributed by atoms with Gasteiger partial charge in [0.2, 0.25) is 12.3 Å². The predicted molar refractivity (Wildman–Crippen MR) is 118 cm³/mol. The van der Waals surface area contributed by atoms with Crippen LogP contribution in [-0.4, -0.2) is 62.8 Å². The molecule has 0 spiro atoms. The first-order valence-corrected chi connectivity index (χ1v) is 10.9. The second kappa shape index (κ2) is 8.55. The molecule has 1 aromatic carbocycles. The summed E-state index contributed by atoms with van der Waals surface area (Å²) in [7, 11) is 0. The molecule has 2 N–H and O–H groups in total. The number of hydrogen-bond donors (Lipinski definition) is 2. The number of halogens is 2. The number of nitrogens with zero attached hydrogens (tertiary/aromatic N) is 3. The molecule has 33 heavy (non-hydrogen) atoms. The van der Waals surface area contributed by atoms with Crippen molar-refractivity contribution in [2.45, 2.75) is 43.7 Å². The second-order valence-corrected chi connectivity index (χ2v) is 8.58. The number of fused-ring (bicyclic) bond motifs is 3. The highest BCUT2D eigenvalue weighted by atomic mass is 19.3. The highest BCUT2D eigenvalue weighted by Gasteiger charge is 2.42. The maximum Gasteiger partial charge on any atom is 0.246 e. The number of amides is 1. The van der Waals surface area contributed by atoms with Crippen molar-refractivity contribution in [3.63, 3.8) is 0 Å². The number of aromatic amines is 1. The van der Waals surface area contributed by atoms with Crippen molar-refractivity contribution in [3.05, 3.63) is 54.2 Å². The van der Waals surface area contributed by atoms with E-state index in [1.165, 1.54) is 6.08 Å². The summed E-state index contributed by atoms with van der Waals surface area (Å²) >= 11 is 0. The van der Waals surface area contributed by atoms with E-state index in [-0.39, 0.29) is 29.7 Å². The first kappa shape index (κ1) is 21.5. The van der Waals surface area contributed by atoms with Crippen LogP contribution in [0.3, 0.4) is 0 Å². The van der Waals surface area contributed by atoms with E-state index in [4.69, 9.17) is 4.74 Å². The third-order valence-corrected chi connectivity index (χ3v) is 6.59. The zero-order chi connectivity index (χ0) is 23.1. The van der Waals surface area contributed by atoms with Crippen LogP contribution in [-0.2, 0) is 16.0 Å². The van der Waals surface area contributed by atoms with E-state index in [9.17, 15) is 18.7 Å². The summed E-state index contributed by atoms with van der Waals surface area (Å²) in [6.07, 6.45) is -0.446. The van der Waals surface area contributed by atoms with Crippen molar-refractivity contribution >= 4 is 16.9 Å². The number of aromatic hydroxyl groups is 1. The molecule has 0 aliphatic carbocycles. The molecular formula is C24H24F2N4O3. The maximum absolute atomic E-state index is 13.6. The fourth-order valence-electron chi connectivity index (χ4n) is 5.22. The van der Waals surface area contributed by atoms with Gasteiger partial charge in [0.25, 0.3) is 0 Å². The van der Waals surface area contributed by atoms with Crippen molar-refractivity contribution in [1.29, 1.82) is 0 Å². The third kappa shape index (κ3) is 3.86. The molecule has 0 saturated carbocycles. The minimum absolute atomic E-state index is 0.0457. The number of rotatable bonds is 5. The van der Waals surface area contributed by atoms with E-state index in [2.05, 4.69) is 21.8 Å². The summed E-state index contributed by atoms with van der Waals surface area (Å²) in [5, 5.41) is 19.2. The SMILES string of the molecule is C=CC(=O)N1C2COCC1CC(c1[nH]c3nnc(-c4ccccc4O)cc3c1CC(F)F)C2. The van der Waals surface area contributed by atoms with Crippen LogP contribution in [0.25, 0.3) is 22.3 Å². The van der Waals surface area contributed by atoms with Crippen molar-refractivity contribution in [3.8, 4) is 17.0 Å². The first-order chi connectivity index (χ1) is 16.0. The van der Waals surface area contributed by atoms with Crippen LogP contribution in [0.15, 0.2) is 43.0 Å². The van der Waals surface area contributed by atoms with Gasteiger partial charge in [-0.3, -0.25) is 4.79 Å². The van der Waals surface area contributed by atoms with Gasteiger partial charge in [-0.1, -0.05) is 18.7 Å². The number of H-pyrrole nitrogens is 1. The van der Waals surface area contributed by atoms with E-state index < -0.39 is 12.8 Å². The number of morpholine rings is 1. The summed E-state index contributed by atoms with van der Waals surface area (Å²) in [6.45, 7) is 4.42. The van der Waals surface area contributed by atoms with Crippen LogP contribution in [0.4, 0.5) is 8.78 Å². The van der Waals surface area contributed by atoms with Crippen LogP contribution in [0, 0.1) is 0 Å². The van der Waals surface area contributed by atoms with E-state index >= 15 is 0 Å². The molecule has 5 rings (SSSR count). The molecule has 2 aliphatic heterocycles. The summed E-state index contributed by atoms with van der Waals surface area (Å²) in [5.41, 5.74) is 2.57. The monoisotopic (exact) mass is 454 g/mol. The Morgan fingerprint density at radius 2 is 2.00 bits per heavy atom.